The summed E-state index contributed by atoms with van der Waals surface area (Å²) < 4.78 is 21.3. The molecule has 30 heavy (non-hydrogen) atoms. The van der Waals surface area contributed by atoms with Crippen LogP contribution in [0.25, 0.3) is 0 Å². The number of aliphatic hydroxyl groups is 3. The van der Waals surface area contributed by atoms with Gasteiger partial charge in [-0.15, -0.1) is 0 Å². The number of hydrogen-bond acceptors (Lipinski definition) is 10. The molecule has 1 aliphatic rings. The third-order valence-corrected chi connectivity index (χ3v) is 4.54. The van der Waals surface area contributed by atoms with Gasteiger partial charge in [-0.3, -0.25) is 0 Å². The van der Waals surface area contributed by atoms with Crippen LogP contribution in [-0.4, -0.2) is 75.9 Å². The number of esters is 1. The second kappa shape index (κ2) is 9.18. The first-order chi connectivity index (χ1) is 14.3. The van der Waals surface area contributed by atoms with Crippen LogP contribution in [0.2, 0.25) is 0 Å². The van der Waals surface area contributed by atoms with Gasteiger partial charge in [0, 0.05) is 6.07 Å². The van der Waals surface area contributed by atoms with E-state index in [-0.39, 0.29) is 28.6 Å². The number of hydrogen-bond donors (Lipinski definition) is 5. The molecule has 5 N–H and O–H groups in total. The number of benzene rings is 2. The zero-order chi connectivity index (χ0) is 21.8. The molecular formula is C20H22O10. The molecule has 5 unspecified atom stereocenters. The van der Waals surface area contributed by atoms with Crippen molar-refractivity contribution in [2.75, 3.05) is 13.7 Å². The second-order valence-corrected chi connectivity index (χ2v) is 6.61. The van der Waals surface area contributed by atoms with E-state index >= 15 is 0 Å². The number of methoxy groups -OCH3 is 1. The summed E-state index contributed by atoms with van der Waals surface area (Å²) >= 11 is 0. The molecule has 3 rings (SSSR count). The van der Waals surface area contributed by atoms with E-state index in [4.69, 9.17) is 18.9 Å². The molecule has 0 aromatic heterocycles. The van der Waals surface area contributed by atoms with Gasteiger partial charge in [0.15, 0.2) is 11.5 Å². The molecule has 1 aliphatic heterocycles. The van der Waals surface area contributed by atoms with Crippen molar-refractivity contribution in [2.24, 2.45) is 0 Å². The third kappa shape index (κ3) is 4.74. The van der Waals surface area contributed by atoms with Crippen LogP contribution in [0.3, 0.4) is 0 Å². The van der Waals surface area contributed by atoms with Crippen molar-refractivity contribution in [3.63, 3.8) is 0 Å². The first-order valence-electron chi connectivity index (χ1n) is 8.99. The monoisotopic (exact) mass is 422 g/mol. The van der Waals surface area contributed by atoms with Gasteiger partial charge in [-0.2, -0.15) is 0 Å². The molecule has 2 aromatic rings. The average Bonchev–Trinajstić information content (AvgIpc) is 2.74. The Morgan fingerprint density at radius 3 is 2.27 bits per heavy atom. The highest BCUT2D eigenvalue weighted by atomic mass is 16.7. The number of aromatic hydroxyl groups is 2. The van der Waals surface area contributed by atoms with Crippen molar-refractivity contribution in [1.29, 1.82) is 0 Å². The van der Waals surface area contributed by atoms with Gasteiger partial charge in [0.2, 0.25) is 6.29 Å². The number of aliphatic hydroxyl groups excluding tert-OH is 3. The summed E-state index contributed by atoms with van der Waals surface area (Å²) in [6.45, 7) is -0.433. The lowest BCUT2D eigenvalue weighted by atomic mass is 9.99. The van der Waals surface area contributed by atoms with Crippen molar-refractivity contribution < 1.29 is 49.3 Å². The molecule has 1 heterocycles. The maximum absolute atomic E-state index is 12.1. The maximum Gasteiger partial charge on any atom is 0.338 e. The Bertz CT molecular complexity index is 868. The lowest BCUT2D eigenvalue weighted by molar-refractivity contribution is -0.277. The molecule has 0 aliphatic carbocycles. The van der Waals surface area contributed by atoms with Gasteiger partial charge in [-0.05, 0) is 36.4 Å². The summed E-state index contributed by atoms with van der Waals surface area (Å²) in [7, 11) is 1.35. The Balaban J connectivity index is 1.68. The predicted molar refractivity (Wildman–Crippen MR) is 100 cm³/mol. The molecular weight excluding hydrogens is 400 g/mol. The highest BCUT2D eigenvalue weighted by Gasteiger charge is 2.45. The molecule has 0 radical (unpaired) electrons. The van der Waals surface area contributed by atoms with Gasteiger partial charge in [0.1, 0.15) is 42.5 Å². The lowest BCUT2D eigenvalue weighted by Crippen LogP contribution is -2.60. The molecule has 1 fully saturated rings. The van der Waals surface area contributed by atoms with Gasteiger partial charge < -0.3 is 44.5 Å². The van der Waals surface area contributed by atoms with Gasteiger partial charge in [-0.1, -0.05) is 0 Å². The van der Waals surface area contributed by atoms with E-state index < -0.39 is 43.3 Å². The van der Waals surface area contributed by atoms with Crippen molar-refractivity contribution in [3.05, 3.63) is 48.0 Å². The average molecular weight is 422 g/mol. The molecule has 0 bridgehead atoms. The van der Waals surface area contributed by atoms with Crippen molar-refractivity contribution in [2.45, 2.75) is 30.7 Å². The summed E-state index contributed by atoms with van der Waals surface area (Å²) in [6, 6.07) is 9.34. The summed E-state index contributed by atoms with van der Waals surface area (Å²) in [5, 5.41) is 49.3. The number of carbonyl (C=O) groups is 1. The normalized spacial score (nSPS) is 26.1. The summed E-state index contributed by atoms with van der Waals surface area (Å²) in [4.78, 5) is 12.1. The van der Waals surface area contributed by atoms with E-state index in [0.717, 1.165) is 0 Å². The fourth-order valence-electron chi connectivity index (χ4n) is 2.87. The minimum absolute atomic E-state index is 0.0145. The van der Waals surface area contributed by atoms with Crippen LogP contribution in [0.1, 0.15) is 10.4 Å². The second-order valence-electron chi connectivity index (χ2n) is 6.61. The number of phenols is 2. The summed E-state index contributed by atoms with van der Waals surface area (Å²) in [5.74, 6) is -0.549. The SMILES string of the molecule is COc1cc(O)ccc1OC1OC(COC(=O)c2ccc(O)cc2)C(O)C(O)C1O. The van der Waals surface area contributed by atoms with Crippen LogP contribution >= 0.6 is 0 Å². The van der Waals surface area contributed by atoms with Crippen LogP contribution in [0, 0.1) is 0 Å². The van der Waals surface area contributed by atoms with Crippen molar-refractivity contribution in [1.82, 2.24) is 0 Å². The Hall–Kier alpha value is -3.05. The summed E-state index contributed by atoms with van der Waals surface area (Å²) in [6.07, 6.45) is -7.40. The summed E-state index contributed by atoms with van der Waals surface area (Å²) in [5.41, 5.74) is 0.167. The van der Waals surface area contributed by atoms with Crippen LogP contribution < -0.4 is 9.47 Å². The minimum Gasteiger partial charge on any atom is -0.508 e. The van der Waals surface area contributed by atoms with E-state index in [1.54, 1.807) is 0 Å². The Morgan fingerprint density at radius 1 is 0.933 bits per heavy atom. The molecule has 5 atom stereocenters. The van der Waals surface area contributed by atoms with E-state index in [1.165, 1.54) is 49.6 Å². The van der Waals surface area contributed by atoms with Crippen molar-refractivity contribution in [3.8, 4) is 23.0 Å². The fraction of sp³-hybridized carbons (Fsp3) is 0.350. The fourth-order valence-corrected chi connectivity index (χ4v) is 2.87. The smallest absolute Gasteiger partial charge is 0.338 e. The van der Waals surface area contributed by atoms with E-state index in [0.29, 0.717) is 0 Å². The number of carbonyl (C=O) groups excluding carboxylic acids is 1. The first kappa shape index (κ1) is 21.7. The molecule has 0 spiro atoms. The highest BCUT2D eigenvalue weighted by molar-refractivity contribution is 5.89. The van der Waals surface area contributed by atoms with Gasteiger partial charge in [0.25, 0.3) is 0 Å². The van der Waals surface area contributed by atoms with Gasteiger partial charge in [-0.25, -0.2) is 4.79 Å². The molecule has 162 valence electrons. The Labute approximate surface area is 171 Å². The predicted octanol–water partition coefficient (Wildman–Crippen LogP) is 0.150. The van der Waals surface area contributed by atoms with Crippen molar-refractivity contribution >= 4 is 5.97 Å². The number of phenolic OH excluding ortho intramolecular Hbond substituents is 2. The molecule has 10 heteroatoms. The van der Waals surface area contributed by atoms with Crippen LogP contribution in [0.4, 0.5) is 0 Å². The zero-order valence-electron chi connectivity index (χ0n) is 15.9. The first-order valence-corrected chi connectivity index (χ1v) is 8.99. The molecule has 1 saturated heterocycles. The Morgan fingerprint density at radius 2 is 1.60 bits per heavy atom. The largest absolute Gasteiger partial charge is 0.508 e. The standard InChI is InChI=1S/C20H22O10/c1-27-14-8-12(22)6-7-13(14)29-20-18(25)17(24)16(23)15(30-20)9-28-19(26)10-2-4-11(21)5-3-10/h2-8,15-18,20-25H,9H2,1H3. The molecule has 2 aromatic carbocycles. The third-order valence-electron chi connectivity index (χ3n) is 4.54. The van der Waals surface area contributed by atoms with E-state index in [9.17, 15) is 30.3 Å². The zero-order valence-corrected chi connectivity index (χ0v) is 15.9. The van der Waals surface area contributed by atoms with Crippen LogP contribution in [-0.2, 0) is 9.47 Å². The molecule has 0 amide bonds. The highest BCUT2D eigenvalue weighted by Crippen LogP contribution is 2.33. The maximum atomic E-state index is 12.1. The van der Waals surface area contributed by atoms with Gasteiger partial charge in [0.05, 0.1) is 12.7 Å². The Kier molecular flexibility index (Phi) is 6.63. The lowest BCUT2D eigenvalue weighted by Gasteiger charge is -2.40. The molecule has 10 nitrogen and oxygen atoms in total. The quantitative estimate of drug-likeness (QED) is 0.406. The topological polar surface area (TPSA) is 155 Å². The number of ether oxygens (including phenoxy) is 4. The number of rotatable bonds is 6. The van der Waals surface area contributed by atoms with Crippen LogP contribution in [0.15, 0.2) is 42.5 Å². The van der Waals surface area contributed by atoms with Crippen LogP contribution in [0.5, 0.6) is 23.0 Å². The van der Waals surface area contributed by atoms with Gasteiger partial charge >= 0.3 is 5.97 Å². The minimum atomic E-state index is -1.63. The van der Waals surface area contributed by atoms with E-state index in [1.807, 2.05) is 0 Å². The molecule has 0 saturated carbocycles. The van der Waals surface area contributed by atoms with E-state index in [2.05, 4.69) is 0 Å².